The van der Waals surface area contributed by atoms with E-state index in [9.17, 15) is 20.1 Å². The van der Waals surface area contributed by atoms with Crippen LogP contribution in [0, 0.1) is 0 Å². The van der Waals surface area contributed by atoms with E-state index in [4.69, 9.17) is 9.84 Å². The summed E-state index contributed by atoms with van der Waals surface area (Å²) in [5, 5.41) is 38.7. The van der Waals surface area contributed by atoms with Gasteiger partial charge in [0, 0.05) is 12.8 Å². The van der Waals surface area contributed by atoms with E-state index in [1.165, 1.54) is 18.9 Å². The molecule has 1 heterocycles. The molecule has 1 aliphatic rings. The number of allylic oxidation sites excluding steroid dienone is 1. The van der Waals surface area contributed by atoms with E-state index in [1.807, 2.05) is 6.08 Å². The third-order valence-electron chi connectivity index (χ3n) is 4.55. The normalized spacial score (nSPS) is 25.9. The van der Waals surface area contributed by atoms with Crippen LogP contribution in [-0.2, 0) is 9.53 Å². The minimum Gasteiger partial charge on any atom is -0.481 e. The summed E-state index contributed by atoms with van der Waals surface area (Å²) < 4.78 is 5.70. The molecule has 0 aromatic rings. The second-order valence-corrected chi connectivity index (χ2v) is 6.95. The molecule has 150 valence electrons. The molecular formula is C20H34O6. The van der Waals surface area contributed by atoms with E-state index in [1.54, 1.807) is 6.08 Å². The van der Waals surface area contributed by atoms with Crippen LogP contribution in [0.2, 0.25) is 0 Å². The van der Waals surface area contributed by atoms with E-state index in [-0.39, 0.29) is 6.42 Å². The minimum absolute atomic E-state index is 0.0215. The lowest BCUT2D eigenvalue weighted by Crippen LogP contribution is -2.25. The number of aliphatic hydroxyl groups excluding tert-OH is 3. The summed E-state index contributed by atoms with van der Waals surface area (Å²) >= 11 is 0. The Labute approximate surface area is 156 Å². The Kier molecular flexibility index (Phi) is 11.4. The number of carboxylic acids is 1. The molecule has 0 radical (unpaired) electrons. The van der Waals surface area contributed by atoms with Gasteiger partial charge in [-0.1, -0.05) is 44.1 Å². The Morgan fingerprint density at radius 1 is 1.23 bits per heavy atom. The number of aliphatic carboxylic acids is 1. The Morgan fingerprint density at radius 3 is 2.69 bits per heavy atom. The molecule has 0 bridgehead atoms. The molecule has 0 unspecified atom stereocenters. The number of carboxylic acid groups (broad SMARTS) is 1. The van der Waals surface area contributed by atoms with Gasteiger partial charge in [0.05, 0.1) is 24.4 Å². The number of hydrogen-bond donors (Lipinski definition) is 4. The first kappa shape index (κ1) is 22.8. The lowest BCUT2D eigenvalue weighted by molar-refractivity contribution is -0.137. The quantitative estimate of drug-likeness (QED) is 0.293. The van der Waals surface area contributed by atoms with E-state index >= 15 is 0 Å². The summed E-state index contributed by atoms with van der Waals surface area (Å²) in [7, 11) is 0. The average molecular weight is 370 g/mol. The van der Waals surface area contributed by atoms with Crippen LogP contribution in [0.25, 0.3) is 0 Å². The summed E-state index contributed by atoms with van der Waals surface area (Å²) in [6.07, 6.45) is 10.2. The zero-order valence-electron chi connectivity index (χ0n) is 15.7. The monoisotopic (exact) mass is 370 g/mol. The van der Waals surface area contributed by atoms with Crippen molar-refractivity contribution in [1.29, 1.82) is 0 Å². The maximum absolute atomic E-state index is 10.5. The van der Waals surface area contributed by atoms with Gasteiger partial charge < -0.3 is 25.2 Å². The minimum atomic E-state index is -0.882. The van der Waals surface area contributed by atoms with Crippen molar-refractivity contribution in [3.63, 3.8) is 0 Å². The lowest BCUT2D eigenvalue weighted by Gasteiger charge is -2.16. The molecular weight excluding hydrogens is 336 g/mol. The first-order chi connectivity index (χ1) is 12.4. The Balaban J connectivity index is 2.32. The molecule has 6 nitrogen and oxygen atoms in total. The zero-order valence-corrected chi connectivity index (χ0v) is 15.7. The fourth-order valence-corrected chi connectivity index (χ4v) is 2.96. The number of carbonyl (C=O) groups is 1. The highest BCUT2D eigenvalue weighted by atomic mass is 16.5. The zero-order chi connectivity index (χ0) is 19.4. The molecule has 1 saturated heterocycles. The summed E-state index contributed by atoms with van der Waals surface area (Å²) in [4.78, 5) is 10.5. The number of unbranched alkanes of at least 4 members (excludes halogenated alkanes) is 3. The van der Waals surface area contributed by atoms with Gasteiger partial charge in [0.25, 0.3) is 0 Å². The molecule has 0 aliphatic carbocycles. The third-order valence-corrected chi connectivity index (χ3v) is 4.55. The lowest BCUT2D eigenvalue weighted by atomic mass is 10.0. The van der Waals surface area contributed by atoms with Crippen LogP contribution in [0.5, 0.6) is 0 Å². The predicted molar refractivity (Wildman–Crippen MR) is 99.8 cm³/mol. The maximum Gasteiger partial charge on any atom is 0.303 e. The fraction of sp³-hybridized carbons (Fsp3) is 0.750. The van der Waals surface area contributed by atoms with Crippen LogP contribution in [0.15, 0.2) is 24.3 Å². The average Bonchev–Trinajstić information content (AvgIpc) is 2.96. The highest BCUT2D eigenvalue weighted by Crippen LogP contribution is 2.25. The van der Waals surface area contributed by atoms with E-state index in [0.29, 0.717) is 25.7 Å². The second-order valence-electron chi connectivity index (χ2n) is 6.95. The molecule has 0 amide bonds. The number of hydrogen-bond acceptors (Lipinski definition) is 5. The van der Waals surface area contributed by atoms with Crippen molar-refractivity contribution in [2.45, 2.75) is 95.2 Å². The smallest absolute Gasteiger partial charge is 0.303 e. The molecule has 5 atom stereocenters. The maximum atomic E-state index is 10.5. The van der Waals surface area contributed by atoms with Gasteiger partial charge in [0.1, 0.15) is 6.10 Å². The molecule has 1 aliphatic heterocycles. The van der Waals surface area contributed by atoms with Gasteiger partial charge in [-0.15, -0.1) is 0 Å². The number of aliphatic hydroxyl groups is 3. The van der Waals surface area contributed by atoms with Crippen LogP contribution in [0.1, 0.15) is 64.7 Å². The first-order valence-electron chi connectivity index (χ1n) is 9.68. The second kappa shape index (κ2) is 13.0. The highest BCUT2D eigenvalue weighted by molar-refractivity contribution is 5.66. The fourth-order valence-electron chi connectivity index (χ4n) is 2.96. The Hall–Kier alpha value is -1.21. The van der Waals surface area contributed by atoms with E-state index in [0.717, 1.165) is 12.8 Å². The predicted octanol–water partition coefficient (Wildman–Crippen LogP) is 2.56. The topological polar surface area (TPSA) is 107 Å². The van der Waals surface area contributed by atoms with Gasteiger partial charge in [-0.05, 0) is 32.1 Å². The van der Waals surface area contributed by atoms with Crippen LogP contribution >= 0.6 is 0 Å². The standard InChI is InChI=1S/C20H34O6/c1-2-3-4-5-6-7-10-16(22)19-14-17(23)18(26-19)13-12-15(21)9-8-11-20(24)25/h6-7,12-13,15-19,21-23H,2-5,8-11,14H2,1H3,(H,24,25)/b7-6-,13-12+/t15-,16+,17-,18+,19-/m0/s1. The molecule has 1 fully saturated rings. The molecule has 6 heteroatoms. The number of rotatable bonds is 13. The summed E-state index contributed by atoms with van der Waals surface area (Å²) in [5.41, 5.74) is 0. The van der Waals surface area contributed by atoms with Crippen molar-refractivity contribution in [2.75, 3.05) is 0 Å². The van der Waals surface area contributed by atoms with Crippen molar-refractivity contribution in [1.82, 2.24) is 0 Å². The van der Waals surface area contributed by atoms with Gasteiger partial charge in [0.2, 0.25) is 0 Å². The van der Waals surface area contributed by atoms with Crippen molar-refractivity contribution in [2.24, 2.45) is 0 Å². The molecule has 1 rings (SSSR count). The third kappa shape index (κ3) is 9.48. The largest absolute Gasteiger partial charge is 0.481 e. The molecule has 0 spiro atoms. The van der Waals surface area contributed by atoms with Gasteiger partial charge in [-0.2, -0.15) is 0 Å². The molecule has 0 aromatic heterocycles. The molecule has 26 heavy (non-hydrogen) atoms. The van der Waals surface area contributed by atoms with E-state index < -0.39 is 36.5 Å². The van der Waals surface area contributed by atoms with E-state index in [2.05, 4.69) is 13.0 Å². The van der Waals surface area contributed by atoms with Gasteiger partial charge in [0.15, 0.2) is 0 Å². The highest BCUT2D eigenvalue weighted by Gasteiger charge is 2.35. The van der Waals surface area contributed by atoms with Crippen molar-refractivity contribution in [3.8, 4) is 0 Å². The van der Waals surface area contributed by atoms with Gasteiger partial charge in [-0.3, -0.25) is 4.79 Å². The van der Waals surface area contributed by atoms with Crippen LogP contribution in [0.3, 0.4) is 0 Å². The Bertz CT molecular complexity index is 448. The summed E-state index contributed by atoms with van der Waals surface area (Å²) in [6, 6.07) is 0. The van der Waals surface area contributed by atoms with Crippen molar-refractivity contribution >= 4 is 5.97 Å². The van der Waals surface area contributed by atoms with Crippen LogP contribution < -0.4 is 0 Å². The van der Waals surface area contributed by atoms with Gasteiger partial charge in [-0.25, -0.2) is 0 Å². The molecule has 0 aromatic carbocycles. The van der Waals surface area contributed by atoms with Gasteiger partial charge >= 0.3 is 5.97 Å². The molecule has 0 saturated carbocycles. The first-order valence-corrected chi connectivity index (χ1v) is 9.68. The van der Waals surface area contributed by atoms with Crippen LogP contribution in [0.4, 0.5) is 0 Å². The Morgan fingerprint density at radius 2 is 2.00 bits per heavy atom. The van der Waals surface area contributed by atoms with Crippen LogP contribution in [-0.4, -0.2) is 56.9 Å². The number of ether oxygens (including phenoxy) is 1. The summed E-state index contributed by atoms with van der Waals surface area (Å²) in [5.74, 6) is -0.882. The SMILES string of the molecule is CCCCC/C=C\C[C@@H](O)[C@@H]1C[C@H](O)[C@@H](/C=C/[C@@H](O)CCCC(=O)O)O1. The van der Waals surface area contributed by atoms with Crippen molar-refractivity contribution in [3.05, 3.63) is 24.3 Å². The molecule has 4 N–H and O–H groups in total. The van der Waals surface area contributed by atoms with Crippen molar-refractivity contribution < 1.29 is 30.0 Å². The summed E-state index contributed by atoms with van der Waals surface area (Å²) in [6.45, 7) is 2.16.